The van der Waals surface area contributed by atoms with Gasteiger partial charge in [-0.15, -0.1) is 0 Å². The van der Waals surface area contributed by atoms with Crippen LogP contribution in [0.15, 0.2) is 48.2 Å². The molecule has 6 nitrogen and oxygen atoms in total. The number of anilines is 1. The number of carbonyl (C=O) groups is 2. The molecule has 0 saturated heterocycles. The van der Waals surface area contributed by atoms with Gasteiger partial charge in [-0.3, -0.25) is 14.5 Å². The third-order valence-corrected chi connectivity index (χ3v) is 4.71. The largest absolute Gasteiger partial charge is 0.493 e. The van der Waals surface area contributed by atoms with Crippen LogP contribution in [-0.2, 0) is 9.59 Å². The summed E-state index contributed by atoms with van der Waals surface area (Å²) in [7, 11) is 3.08. The minimum atomic E-state index is -0.340. The zero-order valence-electron chi connectivity index (χ0n) is 16.7. The fourth-order valence-corrected chi connectivity index (χ4v) is 3.24. The van der Waals surface area contributed by atoms with Gasteiger partial charge in [-0.25, -0.2) is 0 Å². The fraction of sp³-hybridized carbons (Fsp3) is 0.273. The summed E-state index contributed by atoms with van der Waals surface area (Å²) in [5.74, 6) is 0.375. The lowest BCUT2D eigenvalue weighted by Crippen LogP contribution is -2.38. The highest BCUT2D eigenvalue weighted by atomic mass is 16.5. The molecule has 1 heterocycles. The number of imide groups is 1. The Morgan fingerprint density at radius 2 is 1.61 bits per heavy atom. The van der Waals surface area contributed by atoms with Crippen LogP contribution in [0.5, 0.6) is 11.5 Å². The van der Waals surface area contributed by atoms with Crippen molar-refractivity contribution in [1.29, 1.82) is 0 Å². The minimum Gasteiger partial charge on any atom is -0.493 e. The van der Waals surface area contributed by atoms with Gasteiger partial charge in [0.15, 0.2) is 11.5 Å². The van der Waals surface area contributed by atoms with Crippen LogP contribution >= 0.6 is 0 Å². The fourth-order valence-electron chi connectivity index (χ4n) is 3.24. The maximum Gasteiger partial charge on any atom is 0.278 e. The normalized spacial score (nSPS) is 14.1. The summed E-state index contributed by atoms with van der Waals surface area (Å²) in [6, 6.07) is 12.6. The predicted molar refractivity (Wildman–Crippen MR) is 108 cm³/mol. The summed E-state index contributed by atoms with van der Waals surface area (Å²) in [6.45, 7) is 5.58. The molecule has 0 aliphatic carbocycles. The third kappa shape index (κ3) is 3.33. The molecule has 1 aliphatic rings. The first kappa shape index (κ1) is 19.5. The second-order valence-electron chi connectivity index (χ2n) is 6.83. The lowest BCUT2D eigenvalue weighted by atomic mass is 10.0. The number of ether oxygens (including phenoxy) is 2. The highest BCUT2D eigenvalue weighted by Crippen LogP contribution is 2.36. The van der Waals surface area contributed by atoms with E-state index in [0.29, 0.717) is 22.6 Å². The van der Waals surface area contributed by atoms with E-state index in [1.54, 1.807) is 25.3 Å². The Labute approximate surface area is 164 Å². The van der Waals surface area contributed by atoms with Crippen LogP contribution < -0.4 is 14.8 Å². The van der Waals surface area contributed by atoms with Gasteiger partial charge in [-0.1, -0.05) is 24.3 Å². The Kier molecular flexibility index (Phi) is 5.40. The summed E-state index contributed by atoms with van der Waals surface area (Å²) in [4.78, 5) is 27.5. The summed E-state index contributed by atoms with van der Waals surface area (Å²) >= 11 is 0. The van der Waals surface area contributed by atoms with Gasteiger partial charge in [0, 0.05) is 11.7 Å². The molecule has 0 radical (unpaired) electrons. The van der Waals surface area contributed by atoms with Crippen LogP contribution in [0, 0.1) is 6.92 Å². The number of carbonyl (C=O) groups excluding carboxylic acids is 2. The highest BCUT2D eigenvalue weighted by molar-refractivity contribution is 6.36. The molecular formula is C22H24N2O4. The number of para-hydroxylation sites is 1. The zero-order chi connectivity index (χ0) is 20.4. The lowest BCUT2D eigenvalue weighted by molar-refractivity contribution is -0.138. The lowest BCUT2D eigenvalue weighted by Gasteiger charge is -2.19. The number of aryl methyl sites for hydroxylation is 1. The van der Waals surface area contributed by atoms with Gasteiger partial charge < -0.3 is 14.8 Å². The van der Waals surface area contributed by atoms with Crippen molar-refractivity contribution in [3.63, 3.8) is 0 Å². The van der Waals surface area contributed by atoms with Crippen molar-refractivity contribution in [2.75, 3.05) is 19.5 Å². The van der Waals surface area contributed by atoms with E-state index in [4.69, 9.17) is 9.47 Å². The Bertz CT molecular complexity index is 963. The molecule has 0 aromatic heterocycles. The molecule has 2 amide bonds. The average Bonchev–Trinajstić information content (AvgIpc) is 2.92. The Morgan fingerprint density at radius 1 is 0.929 bits per heavy atom. The molecule has 0 unspecified atom stereocenters. The Morgan fingerprint density at radius 3 is 2.21 bits per heavy atom. The summed E-state index contributed by atoms with van der Waals surface area (Å²) in [5, 5.41) is 3.18. The smallest absolute Gasteiger partial charge is 0.278 e. The van der Waals surface area contributed by atoms with Crippen molar-refractivity contribution in [3.05, 3.63) is 59.3 Å². The summed E-state index contributed by atoms with van der Waals surface area (Å²) < 4.78 is 10.6. The SMILES string of the molecule is COc1ccc(C2=C(Nc3ccccc3C)C(=O)N(C(C)C)C2=O)cc1OC. The van der Waals surface area contributed by atoms with Gasteiger partial charge in [0.1, 0.15) is 5.70 Å². The molecule has 0 bridgehead atoms. The number of hydrogen-bond donors (Lipinski definition) is 1. The molecule has 28 heavy (non-hydrogen) atoms. The van der Waals surface area contributed by atoms with Crippen LogP contribution in [0.2, 0.25) is 0 Å². The second kappa shape index (κ2) is 7.76. The Balaban J connectivity index is 2.16. The van der Waals surface area contributed by atoms with Gasteiger partial charge >= 0.3 is 0 Å². The summed E-state index contributed by atoms with van der Waals surface area (Å²) in [6.07, 6.45) is 0. The van der Waals surface area contributed by atoms with Crippen molar-refractivity contribution in [2.45, 2.75) is 26.8 Å². The molecule has 0 atom stereocenters. The van der Waals surface area contributed by atoms with Gasteiger partial charge in [0.2, 0.25) is 0 Å². The van der Waals surface area contributed by atoms with Gasteiger partial charge in [-0.05, 0) is 50.1 Å². The van der Waals surface area contributed by atoms with Crippen LogP contribution in [0.1, 0.15) is 25.0 Å². The molecule has 2 aromatic rings. The molecular weight excluding hydrogens is 356 g/mol. The number of rotatable bonds is 6. The number of nitrogens with zero attached hydrogens (tertiary/aromatic N) is 1. The van der Waals surface area contributed by atoms with Crippen LogP contribution in [0.25, 0.3) is 5.57 Å². The van der Waals surface area contributed by atoms with E-state index in [9.17, 15) is 9.59 Å². The quantitative estimate of drug-likeness (QED) is 0.776. The van der Waals surface area contributed by atoms with E-state index in [0.717, 1.165) is 11.3 Å². The summed E-state index contributed by atoms with van der Waals surface area (Å²) in [5.41, 5.74) is 2.94. The third-order valence-electron chi connectivity index (χ3n) is 4.71. The first-order chi connectivity index (χ1) is 13.4. The number of benzene rings is 2. The van der Waals surface area contributed by atoms with E-state index < -0.39 is 0 Å². The first-order valence-corrected chi connectivity index (χ1v) is 9.06. The van der Waals surface area contributed by atoms with Gasteiger partial charge in [0.05, 0.1) is 19.8 Å². The molecule has 3 rings (SSSR count). The molecule has 1 N–H and O–H groups in total. The molecule has 0 saturated carbocycles. The van der Waals surface area contributed by atoms with Crippen molar-refractivity contribution in [1.82, 2.24) is 4.90 Å². The Hall–Kier alpha value is -3.28. The zero-order valence-corrected chi connectivity index (χ0v) is 16.7. The van der Waals surface area contributed by atoms with E-state index in [1.165, 1.54) is 12.0 Å². The maximum atomic E-state index is 13.1. The van der Waals surface area contributed by atoms with Gasteiger partial charge in [0.25, 0.3) is 11.8 Å². The minimum absolute atomic E-state index is 0.258. The average molecular weight is 380 g/mol. The maximum absolute atomic E-state index is 13.1. The molecule has 0 fully saturated rings. The van der Waals surface area contributed by atoms with Crippen molar-refractivity contribution >= 4 is 23.1 Å². The number of amides is 2. The van der Waals surface area contributed by atoms with Crippen molar-refractivity contribution < 1.29 is 19.1 Å². The molecule has 1 aliphatic heterocycles. The molecule has 6 heteroatoms. The first-order valence-electron chi connectivity index (χ1n) is 9.06. The van der Waals surface area contributed by atoms with Crippen LogP contribution in [0.3, 0.4) is 0 Å². The topological polar surface area (TPSA) is 67.9 Å². The number of hydrogen-bond acceptors (Lipinski definition) is 5. The molecule has 2 aromatic carbocycles. The number of nitrogens with one attached hydrogen (secondary N) is 1. The molecule has 146 valence electrons. The van der Waals surface area contributed by atoms with E-state index in [-0.39, 0.29) is 23.6 Å². The van der Waals surface area contributed by atoms with Crippen LogP contribution in [0.4, 0.5) is 5.69 Å². The second-order valence-corrected chi connectivity index (χ2v) is 6.83. The highest BCUT2D eigenvalue weighted by Gasteiger charge is 2.40. The van der Waals surface area contributed by atoms with Crippen molar-refractivity contribution in [3.8, 4) is 11.5 Å². The van der Waals surface area contributed by atoms with Crippen molar-refractivity contribution in [2.24, 2.45) is 0 Å². The van der Waals surface area contributed by atoms with E-state index >= 15 is 0 Å². The predicted octanol–water partition coefficient (Wildman–Crippen LogP) is 3.61. The monoisotopic (exact) mass is 380 g/mol. The van der Waals surface area contributed by atoms with E-state index in [2.05, 4.69) is 5.32 Å². The standard InChI is InChI=1S/C22H24N2O4/c1-13(2)24-21(25)19(15-10-11-17(27-4)18(12-15)28-5)20(22(24)26)23-16-9-7-6-8-14(16)3/h6-13,23H,1-5H3. The molecule has 0 spiro atoms. The van der Waals surface area contributed by atoms with Gasteiger partial charge in [-0.2, -0.15) is 0 Å². The van der Waals surface area contributed by atoms with E-state index in [1.807, 2.05) is 45.0 Å². The number of methoxy groups -OCH3 is 2. The van der Waals surface area contributed by atoms with Crippen LogP contribution in [-0.4, -0.2) is 37.0 Å².